The summed E-state index contributed by atoms with van der Waals surface area (Å²) in [6, 6.07) is 12.1. The number of H-pyrrole nitrogens is 1. The van der Waals surface area contributed by atoms with Gasteiger partial charge in [-0.15, -0.1) is 0 Å². The number of carbonyl (C=O) groups excluding carboxylic acids is 1. The Morgan fingerprint density at radius 3 is 2.68 bits per heavy atom. The van der Waals surface area contributed by atoms with Gasteiger partial charge in [0.2, 0.25) is 0 Å². The molecule has 1 atom stereocenters. The van der Waals surface area contributed by atoms with Gasteiger partial charge in [0.25, 0.3) is 5.91 Å². The number of nitrogens with one attached hydrogen (secondary N) is 1. The molecule has 3 heterocycles. The van der Waals surface area contributed by atoms with Crippen molar-refractivity contribution in [1.82, 2.24) is 15.1 Å². The van der Waals surface area contributed by atoms with Crippen LogP contribution in [0.1, 0.15) is 37.2 Å². The van der Waals surface area contributed by atoms with Crippen LogP contribution < -0.4 is 0 Å². The summed E-state index contributed by atoms with van der Waals surface area (Å²) in [5, 5.41) is 7.27. The van der Waals surface area contributed by atoms with Crippen molar-refractivity contribution in [2.45, 2.75) is 32.7 Å². The molecule has 2 aliphatic rings. The Morgan fingerprint density at radius 1 is 1.28 bits per heavy atom. The molecule has 1 spiro atoms. The van der Waals surface area contributed by atoms with E-state index in [2.05, 4.69) is 24.0 Å². The van der Waals surface area contributed by atoms with Gasteiger partial charge in [-0.1, -0.05) is 44.2 Å². The maximum atomic E-state index is 13.0. The molecule has 2 aliphatic heterocycles. The van der Waals surface area contributed by atoms with Gasteiger partial charge in [-0.05, 0) is 24.8 Å². The van der Waals surface area contributed by atoms with Crippen molar-refractivity contribution in [3.63, 3.8) is 0 Å². The maximum absolute atomic E-state index is 13.0. The first-order chi connectivity index (χ1) is 12.1. The van der Waals surface area contributed by atoms with Gasteiger partial charge < -0.3 is 9.64 Å². The Morgan fingerprint density at radius 2 is 2.00 bits per heavy atom. The number of nitrogens with zero attached hydrogens (tertiary/aromatic N) is 2. The molecule has 0 bridgehead atoms. The van der Waals surface area contributed by atoms with Crippen molar-refractivity contribution in [3.05, 3.63) is 42.1 Å². The van der Waals surface area contributed by atoms with Crippen LogP contribution in [0.4, 0.5) is 0 Å². The molecular formula is C20H25N3O2. The number of likely N-dealkylation sites (tertiary alicyclic amines) is 1. The summed E-state index contributed by atoms with van der Waals surface area (Å²) >= 11 is 0. The monoisotopic (exact) mass is 339 g/mol. The lowest BCUT2D eigenvalue weighted by molar-refractivity contribution is -0.128. The van der Waals surface area contributed by atoms with E-state index in [9.17, 15) is 4.79 Å². The van der Waals surface area contributed by atoms with Gasteiger partial charge in [0, 0.05) is 36.8 Å². The summed E-state index contributed by atoms with van der Waals surface area (Å²) < 4.78 is 5.54. The molecule has 2 fully saturated rings. The van der Waals surface area contributed by atoms with Crippen LogP contribution in [0.3, 0.4) is 0 Å². The van der Waals surface area contributed by atoms with Crippen molar-refractivity contribution in [2.24, 2.45) is 11.3 Å². The average Bonchev–Trinajstić information content (AvgIpc) is 3.10. The summed E-state index contributed by atoms with van der Waals surface area (Å²) in [7, 11) is 0. The highest BCUT2D eigenvalue weighted by atomic mass is 16.5. The smallest absolute Gasteiger partial charge is 0.272 e. The lowest BCUT2D eigenvalue weighted by Crippen LogP contribution is -2.69. The van der Waals surface area contributed by atoms with Crippen molar-refractivity contribution in [3.8, 4) is 11.3 Å². The molecular weight excluding hydrogens is 314 g/mol. The van der Waals surface area contributed by atoms with Gasteiger partial charge in [0.1, 0.15) is 5.69 Å². The predicted octanol–water partition coefficient (Wildman–Crippen LogP) is 3.35. The van der Waals surface area contributed by atoms with E-state index in [-0.39, 0.29) is 17.4 Å². The lowest BCUT2D eigenvalue weighted by Gasteiger charge is -2.60. The first-order valence-electron chi connectivity index (χ1n) is 9.10. The maximum Gasteiger partial charge on any atom is 0.272 e. The summed E-state index contributed by atoms with van der Waals surface area (Å²) in [6.45, 7) is 6.88. The van der Waals surface area contributed by atoms with Crippen molar-refractivity contribution >= 4 is 5.91 Å². The molecule has 4 rings (SSSR count). The molecule has 0 radical (unpaired) electrons. The minimum absolute atomic E-state index is 0.0606. The average molecular weight is 339 g/mol. The SMILES string of the molecule is CC(C)C1N(C(=O)c2cc(-c3ccccc3)n[nH]2)CC12CCOCC2. The molecule has 25 heavy (non-hydrogen) atoms. The van der Waals surface area contributed by atoms with Crippen molar-refractivity contribution < 1.29 is 9.53 Å². The molecule has 1 aromatic carbocycles. The topological polar surface area (TPSA) is 58.2 Å². The molecule has 1 N–H and O–H groups in total. The van der Waals surface area contributed by atoms with Crippen LogP contribution >= 0.6 is 0 Å². The van der Waals surface area contributed by atoms with E-state index in [1.54, 1.807) is 0 Å². The van der Waals surface area contributed by atoms with Crippen LogP contribution in [0.5, 0.6) is 0 Å². The van der Waals surface area contributed by atoms with Crippen LogP contribution in [-0.2, 0) is 4.74 Å². The van der Waals surface area contributed by atoms with Gasteiger partial charge in [-0.25, -0.2) is 0 Å². The molecule has 1 unspecified atom stereocenters. The first kappa shape index (κ1) is 16.3. The fourth-order valence-electron chi connectivity index (χ4n) is 4.59. The quantitative estimate of drug-likeness (QED) is 0.933. The van der Waals surface area contributed by atoms with Crippen LogP contribution in [0.25, 0.3) is 11.3 Å². The second kappa shape index (κ2) is 6.30. The van der Waals surface area contributed by atoms with E-state index in [0.29, 0.717) is 11.6 Å². The van der Waals surface area contributed by atoms with E-state index in [1.807, 2.05) is 41.3 Å². The third kappa shape index (κ3) is 2.76. The summed E-state index contributed by atoms with van der Waals surface area (Å²) in [4.78, 5) is 15.1. The molecule has 132 valence electrons. The van der Waals surface area contributed by atoms with Crippen LogP contribution in [-0.4, -0.2) is 46.8 Å². The highest BCUT2D eigenvalue weighted by Gasteiger charge is 2.55. The Balaban J connectivity index is 1.54. The summed E-state index contributed by atoms with van der Waals surface area (Å²) in [5.74, 6) is 0.498. The number of amides is 1. The predicted molar refractivity (Wildman–Crippen MR) is 96.2 cm³/mol. The van der Waals surface area contributed by atoms with Gasteiger partial charge in [-0.3, -0.25) is 9.89 Å². The van der Waals surface area contributed by atoms with Gasteiger partial charge in [-0.2, -0.15) is 5.10 Å². The number of hydrogen-bond acceptors (Lipinski definition) is 3. The highest BCUT2D eigenvalue weighted by molar-refractivity contribution is 5.94. The normalized spacial score (nSPS) is 22.2. The molecule has 2 aromatic rings. The second-order valence-electron chi connectivity index (χ2n) is 7.63. The second-order valence-corrected chi connectivity index (χ2v) is 7.63. The largest absolute Gasteiger partial charge is 0.381 e. The zero-order valence-electron chi connectivity index (χ0n) is 14.9. The summed E-state index contributed by atoms with van der Waals surface area (Å²) in [5.41, 5.74) is 2.64. The van der Waals surface area contributed by atoms with Gasteiger partial charge in [0.05, 0.1) is 5.69 Å². The fraction of sp³-hybridized carbons (Fsp3) is 0.500. The fourth-order valence-corrected chi connectivity index (χ4v) is 4.59. The first-order valence-corrected chi connectivity index (χ1v) is 9.10. The minimum atomic E-state index is 0.0606. The number of aromatic nitrogens is 2. The number of aromatic amines is 1. The van der Waals surface area contributed by atoms with E-state index in [0.717, 1.165) is 43.9 Å². The lowest BCUT2D eigenvalue weighted by atomic mass is 9.62. The third-order valence-corrected chi connectivity index (χ3v) is 5.71. The molecule has 1 amide bonds. The summed E-state index contributed by atoms with van der Waals surface area (Å²) in [6.07, 6.45) is 2.11. The highest BCUT2D eigenvalue weighted by Crippen LogP contribution is 2.49. The number of ether oxygens (including phenoxy) is 1. The number of benzene rings is 1. The Bertz CT molecular complexity index is 747. The molecule has 2 saturated heterocycles. The Kier molecular flexibility index (Phi) is 4.12. The Labute approximate surface area is 148 Å². The van der Waals surface area contributed by atoms with Crippen molar-refractivity contribution in [1.29, 1.82) is 0 Å². The zero-order chi connectivity index (χ0) is 17.4. The number of carbonyl (C=O) groups is 1. The van der Waals surface area contributed by atoms with E-state index < -0.39 is 0 Å². The van der Waals surface area contributed by atoms with E-state index in [1.165, 1.54) is 0 Å². The zero-order valence-corrected chi connectivity index (χ0v) is 14.9. The Hall–Kier alpha value is -2.14. The van der Waals surface area contributed by atoms with Crippen LogP contribution in [0.2, 0.25) is 0 Å². The number of hydrogen-bond donors (Lipinski definition) is 1. The molecule has 5 heteroatoms. The molecule has 1 aromatic heterocycles. The molecule has 0 aliphatic carbocycles. The minimum Gasteiger partial charge on any atom is -0.381 e. The number of rotatable bonds is 3. The van der Waals surface area contributed by atoms with E-state index in [4.69, 9.17) is 4.74 Å². The van der Waals surface area contributed by atoms with Crippen LogP contribution in [0, 0.1) is 11.3 Å². The van der Waals surface area contributed by atoms with Crippen LogP contribution in [0.15, 0.2) is 36.4 Å². The molecule has 5 nitrogen and oxygen atoms in total. The van der Waals surface area contributed by atoms with Crippen molar-refractivity contribution in [2.75, 3.05) is 19.8 Å². The standard InChI is InChI=1S/C20H25N3O2/c1-14(2)18-20(8-10-25-11-9-20)13-23(18)19(24)17-12-16(21-22-17)15-6-4-3-5-7-15/h3-7,12,14,18H,8-11,13H2,1-2H3,(H,21,22). The third-order valence-electron chi connectivity index (χ3n) is 5.71. The van der Waals surface area contributed by atoms with Gasteiger partial charge >= 0.3 is 0 Å². The van der Waals surface area contributed by atoms with Gasteiger partial charge in [0.15, 0.2) is 0 Å². The molecule has 0 saturated carbocycles. The van der Waals surface area contributed by atoms with E-state index >= 15 is 0 Å².